The van der Waals surface area contributed by atoms with E-state index in [9.17, 15) is 9.59 Å². The largest absolute Gasteiger partial charge is 0.496 e. The Bertz CT molecular complexity index is 2120. The second-order valence-electron chi connectivity index (χ2n) is 9.91. The van der Waals surface area contributed by atoms with Crippen LogP contribution in [0.4, 0.5) is 0 Å². The van der Waals surface area contributed by atoms with Crippen LogP contribution in [0.3, 0.4) is 0 Å². The fourth-order valence-corrected chi connectivity index (χ4v) is 5.52. The molecule has 1 aromatic heterocycles. The van der Waals surface area contributed by atoms with Gasteiger partial charge in [0.1, 0.15) is 17.0 Å². The summed E-state index contributed by atoms with van der Waals surface area (Å²) >= 11 is 12.7. The van der Waals surface area contributed by atoms with Crippen LogP contribution < -0.4 is 19.6 Å². The van der Waals surface area contributed by atoms with Crippen molar-refractivity contribution in [1.29, 1.82) is 0 Å². The molecule has 0 saturated heterocycles. The minimum atomic E-state index is -0.665. The van der Waals surface area contributed by atoms with Crippen molar-refractivity contribution in [3.05, 3.63) is 124 Å². The standard InChI is InChI=1S/C35H25Cl2N3O5/c1-43-28-16-13-22(36)18-26(28)35(42)45-29-15-11-20(17-30(29)44-2)19-38-40-34(41)33-31(24-9-5-6-10-27(24)37)25-14-12-21-7-3-4-8-23(21)32(25)39-33/h3-19,39H,1-2H3,(H,40,41). The molecule has 8 nitrogen and oxygen atoms in total. The normalized spacial score (nSPS) is 11.2. The third-order valence-electron chi connectivity index (χ3n) is 7.22. The Morgan fingerprint density at radius 3 is 2.36 bits per heavy atom. The highest BCUT2D eigenvalue weighted by Gasteiger charge is 2.22. The third-order valence-corrected chi connectivity index (χ3v) is 7.78. The molecule has 0 aliphatic heterocycles. The lowest BCUT2D eigenvalue weighted by molar-refractivity contribution is 0.0726. The second kappa shape index (κ2) is 12.7. The summed E-state index contributed by atoms with van der Waals surface area (Å²) in [7, 11) is 2.90. The van der Waals surface area contributed by atoms with Gasteiger partial charge in [-0.25, -0.2) is 10.2 Å². The molecule has 0 bridgehead atoms. The minimum Gasteiger partial charge on any atom is -0.496 e. The molecule has 45 heavy (non-hydrogen) atoms. The fourth-order valence-electron chi connectivity index (χ4n) is 5.12. The number of nitrogens with zero attached hydrogens (tertiary/aromatic N) is 1. The number of hydrogen-bond acceptors (Lipinski definition) is 6. The third kappa shape index (κ3) is 5.93. The van der Waals surface area contributed by atoms with Gasteiger partial charge in [0.15, 0.2) is 11.5 Å². The average Bonchev–Trinajstić information content (AvgIpc) is 3.45. The van der Waals surface area contributed by atoms with Crippen LogP contribution in [0.2, 0.25) is 10.0 Å². The molecule has 0 spiro atoms. The molecule has 0 atom stereocenters. The first-order chi connectivity index (χ1) is 21.9. The number of nitrogens with one attached hydrogen (secondary N) is 2. The first-order valence-electron chi connectivity index (χ1n) is 13.7. The number of benzene rings is 5. The maximum Gasteiger partial charge on any atom is 0.347 e. The molecular formula is C35H25Cl2N3O5. The molecular weight excluding hydrogens is 613 g/mol. The molecule has 224 valence electrons. The number of carbonyl (C=O) groups is 2. The average molecular weight is 639 g/mol. The van der Waals surface area contributed by atoms with Crippen molar-refractivity contribution in [3.63, 3.8) is 0 Å². The van der Waals surface area contributed by atoms with Crippen molar-refractivity contribution in [2.75, 3.05) is 14.2 Å². The molecule has 6 aromatic rings. The van der Waals surface area contributed by atoms with E-state index < -0.39 is 11.9 Å². The first kappa shape index (κ1) is 29.7. The van der Waals surface area contributed by atoms with Gasteiger partial charge in [-0.1, -0.05) is 77.8 Å². The summed E-state index contributed by atoms with van der Waals surface area (Å²) in [6.45, 7) is 0. The van der Waals surface area contributed by atoms with Crippen LogP contribution in [0.5, 0.6) is 17.2 Å². The highest BCUT2D eigenvalue weighted by Crippen LogP contribution is 2.39. The van der Waals surface area contributed by atoms with Crippen molar-refractivity contribution in [3.8, 4) is 28.4 Å². The number of H-pyrrole nitrogens is 1. The lowest BCUT2D eigenvalue weighted by Gasteiger charge is -2.12. The maximum absolute atomic E-state index is 13.6. The van der Waals surface area contributed by atoms with E-state index in [1.807, 2.05) is 54.6 Å². The summed E-state index contributed by atoms with van der Waals surface area (Å²) in [5.74, 6) is -0.330. The Labute approximate surface area is 268 Å². The molecule has 1 heterocycles. The van der Waals surface area contributed by atoms with Crippen LogP contribution in [-0.4, -0.2) is 37.3 Å². The number of halogens is 2. The lowest BCUT2D eigenvalue weighted by atomic mass is 9.99. The predicted octanol–water partition coefficient (Wildman–Crippen LogP) is 8.30. The van der Waals surface area contributed by atoms with E-state index in [1.54, 1.807) is 36.4 Å². The minimum absolute atomic E-state index is 0.168. The van der Waals surface area contributed by atoms with Crippen molar-refractivity contribution in [2.45, 2.75) is 0 Å². The first-order valence-corrected chi connectivity index (χ1v) is 14.5. The summed E-state index contributed by atoms with van der Waals surface area (Å²) in [5, 5.41) is 7.94. The molecule has 6 rings (SSSR count). The van der Waals surface area contributed by atoms with Gasteiger partial charge in [0, 0.05) is 31.9 Å². The van der Waals surface area contributed by atoms with Crippen LogP contribution in [0, 0.1) is 0 Å². The summed E-state index contributed by atoms with van der Waals surface area (Å²) in [5.41, 5.74) is 5.91. The van der Waals surface area contributed by atoms with E-state index in [0.29, 0.717) is 32.6 Å². The molecule has 0 aliphatic rings. The van der Waals surface area contributed by atoms with Gasteiger partial charge in [-0.2, -0.15) is 5.10 Å². The highest BCUT2D eigenvalue weighted by molar-refractivity contribution is 6.34. The summed E-state index contributed by atoms with van der Waals surface area (Å²) < 4.78 is 16.3. The van der Waals surface area contributed by atoms with Gasteiger partial charge in [0.05, 0.1) is 26.0 Å². The van der Waals surface area contributed by atoms with E-state index in [-0.39, 0.29) is 17.1 Å². The summed E-state index contributed by atoms with van der Waals surface area (Å²) in [6, 6.07) is 28.8. The van der Waals surface area contributed by atoms with Gasteiger partial charge >= 0.3 is 5.97 Å². The molecule has 0 saturated carbocycles. The lowest BCUT2D eigenvalue weighted by Crippen LogP contribution is -2.19. The Balaban J connectivity index is 1.27. The molecule has 1 amide bonds. The van der Waals surface area contributed by atoms with Gasteiger partial charge in [0.2, 0.25) is 0 Å². The number of aromatic nitrogens is 1. The van der Waals surface area contributed by atoms with Gasteiger partial charge in [-0.05, 0) is 53.4 Å². The number of fused-ring (bicyclic) bond motifs is 3. The van der Waals surface area contributed by atoms with E-state index in [0.717, 1.165) is 27.2 Å². The van der Waals surface area contributed by atoms with Crippen molar-refractivity contribution in [1.82, 2.24) is 10.4 Å². The second-order valence-corrected chi connectivity index (χ2v) is 10.8. The SMILES string of the molecule is COc1cc(C=NNC(=O)c2[nH]c3c(ccc4ccccc43)c2-c2ccccc2Cl)ccc1OC(=O)c1cc(Cl)ccc1OC. The number of hydrazone groups is 1. The van der Waals surface area contributed by atoms with Crippen molar-refractivity contribution in [2.24, 2.45) is 5.10 Å². The van der Waals surface area contributed by atoms with Gasteiger partial charge in [0.25, 0.3) is 5.91 Å². The topological polar surface area (TPSA) is 102 Å². The van der Waals surface area contributed by atoms with Gasteiger partial charge < -0.3 is 19.2 Å². The summed E-state index contributed by atoms with van der Waals surface area (Å²) in [4.78, 5) is 29.7. The number of methoxy groups -OCH3 is 2. The molecule has 5 aromatic carbocycles. The molecule has 10 heteroatoms. The Morgan fingerprint density at radius 2 is 1.56 bits per heavy atom. The molecule has 0 radical (unpaired) electrons. The number of aromatic amines is 1. The summed E-state index contributed by atoms with van der Waals surface area (Å²) in [6.07, 6.45) is 1.46. The van der Waals surface area contributed by atoms with Gasteiger partial charge in [-0.3, -0.25) is 4.79 Å². The number of amides is 1. The zero-order chi connectivity index (χ0) is 31.5. The maximum atomic E-state index is 13.6. The van der Waals surface area contributed by atoms with Crippen LogP contribution in [0.15, 0.2) is 102 Å². The Morgan fingerprint density at radius 1 is 0.800 bits per heavy atom. The Kier molecular flexibility index (Phi) is 8.42. The number of carbonyl (C=O) groups excluding carboxylic acids is 2. The predicted molar refractivity (Wildman–Crippen MR) is 177 cm³/mol. The van der Waals surface area contributed by atoms with Crippen LogP contribution in [-0.2, 0) is 0 Å². The zero-order valence-corrected chi connectivity index (χ0v) is 25.6. The smallest absolute Gasteiger partial charge is 0.347 e. The number of ether oxygens (including phenoxy) is 3. The zero-order valence-electron chi connectivity index (χ0n) is 24.1. The van der Waals surface area contributed by atoms with Crippen molar-refractivity contribution >= 4 is 63.0 Å². The van der Waals surface area contributed by atoms with Crippen LogP contribution >= 0.6 is 23.2 Å². The van der Waals surface area contributed by atoms with E-state index in [1.165, 1.54) is 26.5 Å². The van der Waals surface area contributed by atoms with E-state index in [4.69, 9.17) is 37.4 Å². The molecule has 0 fully saturated rings. The number of rotatable bonds is 8. The van der Waals surface area contributed by atoms with E-state index >= 15 is 0 Å². The number of esters is 1. The van der Waals surface area contributed by atoms with Crippen LogP contribution in [0.1, 0.15) is 26.4 Å². The van der Waals surface area contributed by atoms with Crippen molar-refractivity contribution < 1.29 is 23.8 Å². The van der Waals surface area contributed by atoms with Crippen LogP contribution in [0.25, 0.3) is 32.8 Å². The quantitative estimate of drug-likeness (QED) is 0.0756. The number of hydrogen-bond donors (Lipinski definition) is 2. The van der Waals surface area contributed by atoms with E-state index in [2.05, 4.69) is 15.5 Å². The molecule has 2 N–H and O–H groups in total. The molecule has 0 aliphatic carbocycles. The van der Waals surface area contributed by atoms with Gasteiger partial charge in [-0.15, -0.1) is 0 Å². The Hall–Kier alpha value is -5.31. The molecule has 0 unspecified atom stereocenters. The highest BCUT2D eigenvalue weighted by atomic mass is 35.5. The monoisotopic (exact) mass is 637 g/mol. The fraction of sp³-hybridized carbons (Fsp3) is 0.0571.